The quantitative estimate of drug-likeness (QED) is 0.868. The van der Waals surface area contributed by atoms with Gasteiger partial charge in [-0.2, -0.15) is 0 Å². The van der Waals surface area contributed by atoms with Crippen molar-refractivity contribution in [1.29, 1.82) is 0 Å². The summed E-state index contributed by atoms with van der Waals surface area (Å²) in [6.45, 7) is 2.09. The molecule has 0 bridgehead atoms. The highest BCUT2D eigenvalue weighted by Crippen LogP contribution is 2.34. The van der Waals surface area contributed by atoms with Crippen LogP contribution in [0, 0.1) is 12.7 Å². The van der Waals surface area contributed by atoms with Crippen molar-refractivity contribution in [2.24, 2.45) is 0 Å². The molecule has 0 aromatic heterocycles. The minimum atomic E-state index is -3.90. The molecule has 26 heavy (non-hydrogen) atoms. The summed E-state index contributed by atoms with van der Waals surface area (Å²) in [5.41, 5.74) is 1.12. The lowest BCUT2D eigenvalue weighted by Gasteiger charge is -2.20. The van der Waals surface area contributed by atoms with Crippen LogP contribution in [0.3, 0.4) is 0 Å². The first kappa shape index (κ1) is 18.2. The second kappa shape index (κ2) is 6.95. The minimum absolute atomic E-state index is 0.00600. The third-order valence-corrected chi connectivity index (χ3v) is 5.76. The summed E-state index contributed by atoms with van der Waals surface area (Å²) in [4.78, 5) is 13.6. The van der Waals surface area contributed by atoms with Crippen molar-refractivity contribution in [3.8, 4) is 5.75 Å². The van der Waals surface area contributed by atoms with Crippen LogP contribution in [0.4, 0.5) is 15.8 Å². The minimum Gasteiger partial charge on any atom is -0.495 e. The molecule has 1 aliphatic rings. The predicted molar refractivity (Wildman–Crippen MR) is 96.5 cm³/mol. The number of halogens is 1. The molecule has 3 rings (SSSR count). The van der Waals surface area contributed by atoms with E-state index in [1.165, 1.54) is 20.1 Å². The number of amides is 1. The fourth-order valence-electron chi connectivity index (χ4n) is 2.99. The van der Waals surface area contributed by atoms with E-state index in [-0.39, 0.29) is 10.8 Å². The number of rotatable bonds is 5. The Bertz CT molecular complexity index is 960. The number of nitrogens with one attached hydrogen (secondary N) is 1. The summed E-state index contributed by atoms with van der Waals surface area (Å²) in [7, 11) is -2.40. The standard InChI is InChI=1S/C18H19FN2O4S/c1-12-10-13(19)5-8-17(12)26(23,24)20-14-6-7-16(25-2)15(11-14)21-9-3-4-18(21)22/h5-8,10-11,20H,3-4,9H2,1-2H3. The molecule has 0 atom stereocenters. The lowest BCUT2D eigenvalue weighted by atomic mass is 10.2. The first-order valence-electron chi connectivity index (χ1n) is 8.09. The van der Waals surface area contributed by atoms with E-state index in [1.54, 1.807) is 23.1 Å². The molecule has 0 unspecified atom stereocenters. The number of methoxy groups -OCH3 is 1. The molecule has 0 aliphatic carbocycles. The van der Waals surface area contributed by atoms with Crippen molar-refractivity contribution in [3.05, 3.63) is 47.8 Å². The molecule has 1 aliphatic heterocycles. The molecule has 2 aromatic carbocycles. The van der Waals surface area contributed by atoms with Crippen molar-refractivity contribution in [3.63, 3.8) is 0 Å². The van der Waals surface area contributed by atoms with Crippen molar-refractivity contribution >= 4 is 27.3 Å². The predicted octanol–water partition coefficient (Wildman–Crippen LogP) is 3.07. The Hall–Kier alpha value is -2.61. The fourth-order valence-corrected chi connectivity index (χ4v) is 4.27. The number of anilines is 2. The van der Waals surface area contributed by atoms with Gasteiger partial charge < -0.3 is 9.64 Å². The molecule has 1 amide bonds. The van der Waals surface area contributed by atoms with Crippen LogP contribution in [0.1, 0.15) is 18.4 Å². The largest absolute Gasteiger partial charge is 0.495 e. The number of carbonyl (C=O) groups excluding carboxylic acids is 1. The van der Waals surface area contributed by atoms with E-state index >= 15 is 0 Å². The van der Waals surface area contributed by atoms with Crippen LogP contribution >= 0.6 is 0 Å². The summed E-state index contributed by atoms with van der Waals surface area (Å²) in [6, 6.07) is 8.22. The van der Waals surface area contributed by atoms with Gasteiger partial charge in [0.15, 0.2) is 0 Å². The van der Waals surface area contributed by atoms with Crippen LogP contribution in [0.25, 0.3) is 0 Å². The van der Waals surface area contributed by atoms with Crippen LogP contribution < -0.4 is 14.4 Å². The zero-order valence-electron chi connectivity index (χ0n) is 14.5. The van der Waals surface area contributed by atoms with Crippen molar-refractivity contribution in [2.75, 3.05) is 23.3 Å². The molecule has 8 heteroatoms. The fraction of sp³-hybridized carbons (Fsp3) is 0.278. The topological polar surface area (TPSA) is 75.7 Å². The Morgan fingerprint density at radius 2 is 1.96 bits per heavy atom. The van der Waals surface area contributed by atoms with Gasteiger partial charge in [0.25, 0.3) is 10.0 Å². The molecular weight excluding hydrogens is 359 g/mol. The van der Waals surface area contributed by atoms with Gasteiger partial charge in [-0.3, -0.25) is 9.52 Å². The van der Waals surface area contributed by atoms with E-state index in [4.69, 9.17) is 4.74 Å². The van der Waals surface area contributed by atoms with Crippen molar-refractivity contribution in [1.82, 2.24) is 0 Å². The van der Waals surface area contributed by atoms with E-state index in [2.05, 4.69) is 4.72 Å². The van der Waals surface area contributed by atoms with Gasteiger partial charge in [-0.25, -0.2) is 12.8 Å². The van der Waals surface area contributed by atoms with Gasteiger partial charge in [-0.15, -0.1) is 0 Å². The Balaban J connectivity index is 1.96. The van der Waals surface area contributed by atoms with Gasteiger partial charge in [-0.05, 0) is 55.3 Å². The van der Waals surface area contributed by atoms with Crippen LogP contribution in [-0.4, -0.2) is 28.0 Å². The van der Waals surface area contributed by atoms with Crippen molar-refractivity contribution in [2.45, 2.75) is 24.7 Å². The van der Waals surface area contributed by atoms with E-state index in [9.17, 15) is 17.6 Å². The first-order chi connectivity index (χ1) is 12.3. The number of ether oxygens (including phenoxy) is 1. The summed E-state index contributed by atoms with van der Waals surface area (Å²) in [6.07, 6.45) is 1.20. The highest BCUT2D eigenvalue weighted by atomic mass is 32.2. The number of sulfonamides is 1. The van der Waals surface area contributed by atoms with Crippen LogP contribution in [0.15, 0.2) is 41.3 Å². The molecule has 138 valence electrons. The molecule has 1 N–H and O–H groups in total. The van der Waals surface area contributed by atoms with Crippen LogP contribution in [-0.2, 0) is 14.8 Å². The molecular formula is C18H19FN2O4S. The molecule has 0 saturated carbocycles. The van der Waals surface area contributed by atoms with Crippen molar-refractivity contribution < 1.29 is 22.3 Å². The average molecular weight is 378 g/mol. The van der Waals surface area contributed by atoms with E-state index in [1.807, 2.05) is 0 Å². The second-order valence-electron chi connectivity index (χ2n) is 6.05. The van der Waals surface area contributed by atoms with Crippen LogP contribution in [0.2, 0.25) is 0 Å². The lowest BCUT2D eigenvalue weighted by molar-refractivity contribution is -0.117. The third-order valence-electron chi connectivity index (χ3n) is 4.22. The maximum Gasteiger partial charge on any atom is 0.262 e. The van der Waals surface area contributed by atoms with Gasteiger partial charge in [0.05, 0.1) is 23.4 Å². The number of hydrogen-bond acceptors (Lipinski definition) is 4. The molecule has 1 saturated heterocycles. The van der Waals surface area contributed by atoms with Gasteiger partial charge in [0.1, 0.15) is 11.6 Å². The summed E-state index contributed by atoms with van der Waals surface area (Å²) in [5.74, 6) is -0.0421. The zero-order valence-corrected chi connectivity index (χ0v) is 15.3. The normalized spacial score (nSPS) is 14.6. The van der Waals surface area contributed by atoms with Gasteiger partial charge >= 0.3 is 0 Å². The SMILES string of the molecule is COc1ccc(NS(=O)(=O)c2ccc(F)cc2C)cc1N1CCCC1=O. The Morgan fingerprint density at radius 1 is 1.19 bits per heavy atom. The molecule has 2 aromatic rings. The van der Waals surface area contributed by atoms with Gasteiger partial charge in [0.2, 0.25) is 5.91 Å². The molecule has 1 fully saturated rings. The Morgan fingerprint density at radius 3 is 2.58 bits per heavy atom. The van der Waals surface area contributed by atoms with Gasteiger partial charge in [0, 0.05) is 13.0 Å². The maximum absolute atomic E-state index is 13.2. The second-order valence-corrected chi connectivity index (χ2v) is 7.70. The molecule has 6 nitrogen and oxygen atoms in total. The highest BCUT2D eigenvalue weighted by Gasteiger charge is 2.25. The number of benzene rings is 2. The highest BCUT2D eigenvalue weighted by molar-refractivity contribution is 7.92. The Kier molecular flexibility index (Phi) is 4.86. The monoisotopic (exact) mass is 378 g/mol. The molecule has 1 heterocycles. The average Bonchev–Trinajstić information content (AvgIpc) is 3.00. The summed E-state index contributed by atoms with van der Waals surface area (Å²) in [5, 5.41) is 0. The number of aryl methyl sites for hydroxylation is 1. The number of hydrogen-bond donors (Lipinski definition) is 1. The third kappa shape index (κ3) is 3.50. The first-order valence-corrected chi connectivity index (χ1v) is 9.57. The van der Waals surface area contributed by atoms with Gasteiger partial charge in [-0.1, -0.05) is 0 Å². The van der Waals surface area contributed by atoms with E-state index in [0.717, 1.165) is 18.6 Å². The van der Waals surface area contributed by atoms with Crippen LogP contribution in [0.5, 0.6) is 5.75 Å². The lowest BCUT2D eigenvalue weighted by Crippen LogP contribution is -2.24. The van der Waals surface area contributed by atoms with E-state index in [0.29, 0.717) is 35.7 Å². The maximum atomic E-state index is 13.2. The number of carbonyl (C=O) groups is 1. The molecule has 0 radical (unpaired) electrons. The summed E-state index contributed by atoms with van der Waals surface area (Å²) < 4.78 is 46.3. The zero-order chi connectivity index (χ0) is 18.9. The smallest absolute Gasteiger partial charge is 0.262 e. The Labute approximate surface area is 151 Å². The number of nitrogens with zero attached hydrogens (tertiary/aromatic N) is 1. The van der Waals surface area contributed by atoms with E-state index < -0.39 is 15.8 Å². The molecule has 0 spiro atoms. The summed E-state index contributed by atoms with van der Waals surface area (Å²) >= 11 is 0.